The highest BCUT2D eigenvalue weighted by atomic mass is 32.2. The normalized spacial score (nSPS) is 23.4. The molecule has 1 amide bonds. The van der Waals surface area contributed by atoms with Crippen LogP contribution in [0.1, 0.15) is 18.4 Å². The molecule has 6 nitrogen and oxygen atoms in total. The van der Waals surface area contributed by atoms with E-state index in [1.54, 1.807) is 6.07 Å². The van der Waals surface area contributed by atoms with Crippen molar-refractivity contribution in [2.75, 3.05) is 34.4 Å². The SMILES string of the molecule is Nc1cc2c(cc1NCC1CCS(=O)(=O)C1)CCC(=O)N2. The summed E-state index contributed by atoms with van der Waals surface area (Å²) in [6.45, 7) is 0.606. The van der Waals surface area contributed by atoms with Gasteiger partial charge in [-0.05, 0) is 36.5 Å². The van der Waals surface area contributed by atoms with Crippen LogP contribution in [-0.4, -0.2) is 32.4 Å². The zero-order chi connectivity index (χ0) is 15.0. The fourth-order valence-corrected chi connectivity index (χ4v) is 4.75. The molecule has 0 aromatic heterocycles. The van der Waals surface area contributed by atoms with Crippen molar-refractivity contribution < 1.29 is 13.2 Å². The number of hydrogen-bond donors (Lipinski definition) is 3. The molecule has 1 aromatic carbocycles. The summed E-state index contributed by atoms with van der Waals surface area (Å²) in [5.41, 5.74) is 9.21. The number of anilines is 3. The molecule has 1 aromatic rings. The monoisotopic (exact) mass is 309 g/mol. The van der Waals surface area contributed by atoms with E-state index in [0.29, 0.717) is 31.5 Å². The van der Waals surface area contributed by atoms with Gasteiger partial charge in [0.1, 0.15) is 0 Å². The number of carbonyl (C=O) groups excluding carboxylic acids is 1. The molecule has 7 heteroatoms. The molecule has 2 heterocycles. The van der Waals surface area contributed by atoms with Gasteiger partial charge >= 0.3 is 0 Å². The summed E-state index contributed by atoms with van der Waals surface area (Å²) in [6.07, 6.45) is 1.89. The lowest BCUT2D eigenvalue weighted by Gasteiger charge is -2.20. The molecule has 0 saturated carbocycles. The second-order valence-corrected chi connectivity index (χ2v) is 8.02. The second-order valence-electron chi connectivity index (χ2n) is 5.79. The molecule has 114 valence electrons. The summed E-state index contributed by atoms with van der Waals surface area (Å²) in [6, 6.07) is 3.72. The number of carbonyl (C=O) groups is 1. The van der Waals surface area contributed by atoms with Gasteiger partial charge < -0.3 is 16.4 Å². The van der Waals surface area contributed by atoms with Crippen molar-refractivity contribution in [2.45, 2.75) is 19.3 Å². The molecule has 2 aliphatic heterocycles. The van der Waals surface area contributed by atoms with Crippen molar-refractivity contribution in [3.8, 4) is 0 Å². The predicted molar refractivity (Wildman–Crippen MR) is 83.1 cm³/mol. The van der Waals surface area contributed by atoms with E-state index < -0.39 is 9.84 Å². The third-order valence-electron chi connectivity index (χ3n) is 4.08. The maximum Gasteiger partial charge on any atom is 0.224 e. The molecule has 1 atom stereocenters. The zero-order valence-electron chi connectivity index (χ0n) is 11.7. The van der Waals surface area contributed by atoms with Gasteiger partial charge in [-0.15, -0.1) is 0 Å². The van der Waals surface area contributed by atoms with E-state index in [9.17, 15) is 13.2 Å². The van der Waals surface area contributed by atoms with Crippen LogP contribution in [-0.2, 0) is 21.1 Å². The first kappa shape index (κ1) is 14.2. The minimum Gasteiger partial charge on any atom is -0.397 e. The molecule has 0 radical (unpaired) electrons. The maximum atomic E-state index is 11.4. The number of hydrogen-bond acceptors (Lipinski definition) is 5. The number of rotatable bonds is 3. The van der Waals surface area contributed by atoms with Crippen LogP contribution in [0.15, 0.2) is 12.1 Å². The first-order chi connectivity index (χ1) is 9.93. The summed E-state index contributed by atoms with van der Waals surface area (Å²) in [7, 11) is -2.85. The van der Waals surface area contributed by atoms with Crippen LogP contribution in [0.4, 0.5) is 17.1 Å². The largest absolute Gasteiger partial charge is 0.397 e. The van der Waals surface area contributed by atoms with Gasteiger partial charge in [0.15, 0.2) is 9.84 Å². The molecule has 1 saturated heterocycles. The molecule has 0 spiro atoms. The first-order valence-corrected chi connectivity index (χ1v) is 8.91. The van der Waals surface area contributed by atoms with E-state index in [-0.39, 0.29) is 23.3 Å². The molecule has 0 bridgehead atoms. The summed E-state index contributed by atoms with van der Waals surface area (Å²) < 4.78 is 22.9. The molecule has 2 aliphatic rings. The highest BCUT2D eigenvalue weighted by Crippen LogP contribution is 2.31. The predicted octanol–water partition coefficient (Wildman–Crippen LogP) is 1.00. The summed E-state index contributed by atoms with van der Waals surface area (Å²) in [5, 5.41) is 6.06. The van der Waals surface area contributed by atoms with Crippen LogP contribution in [0, 0.1) is 5.92 Å². The molecule has 1 unspecified atom stereocenters. The van der Waals surface area contributed by atoms with E-state index in [0.717, 1.165) is 16.9 Å². The Hall–Kier alpha value is -1.76. The Morgan fingerprint density at radius 2 is 2.14 bits per heavy atom. The third kappa shape index (κ3) is 3.12. The van der Waals surface area contributed by atoms with Gasteiger partial charge in [-0.1, -0.05) is 0 Å². The van der Waals surface area contributed by atoms with Gasteiger partial charge in [0.05, 0.1) is 22.9 Å². The highest BCUT2D eigenvalue weighted by Gasteiger charge is 2.27. The Morgan fingerprint density at radius 3 is 2.86 bits per heavy atom. The van der Waals surface area contributed by atoms with Crippen LogP contribution in [0.25, 0.3) is 0 Å². The lowest BCUT2D eigenvalue weighted by Crippen LogP contribution is -2.20. The number of sulfone groups is 1. The first-order valence-electron chi connectivity index (χ1n) is 7.09. The van der Waals surface area contributed by atoms with Crippen LogP contribution >= 0.6 is 0 Å². The zero-order valence-corrected chi connectivity index (χ0v) is 12.5. The van der Waals surface area contributed by atoms with Gasteiger partial charge in [0.2, 0.25) is 5.91 Å². The Labute approximate surface area is 124 Å². The van der Waals surface area contributed by atoms with Crippen molar-refractivity contribution in [3.05, 3.63) is 17.7 Å². The van der Waals surface area contributed by atoms with Gasteiger partial charge in [-0.2, -0.15) is 0 Å². The Kier molecular flexibility index (Phi) is 3.52. The van der Waals surface area contributed by atoms with Crippen LogP contribution in [0.2, 0.25) is 0 Å². The van der Waals surface area contributed by atoms with Crippen molar-refractivity contribution in [2.24, 2.45) is 5.92 Å². The van der Waals surface area contributed by atoms with Crippen LogP contribution < -0.4 is 16.4 Å². The summed E-state index contributed by atoms with van der Waals surface area (Å²) in [4.78, 5) is 11.4. The maximum absolute atomic E-state index is 11.4. The molecular weight excluding hydrogens is 290 g/mol. The Bertz CT molecular complexity index is 685. The fraction of sp³-hybridized carbons (Fsp3) is 0.500. The molecule has 4 N–H and O–H groups in total. The Balaban J connectivity index is 1.70. The lowest BCUT2D eigenvalue weighted by molar-refractivity contribution is -0.116. The van der Waals surface area contributed by atoms with Gasteiger partial charge in [0, 0.05) is 18.7 Å². The number of nitrogen functional groups attached to an aromatic ring is 1. The van der Waals surface area contributed by atoms with Crippen LogP contribution in [0.5, 0.6) is 0 Å². The number of aryl methyl sites for hydroxylation is 1. The highest BCUT2D eigenvalue weighted by molar-refractivity contribution is 7.91. The summed E-state index contributed by atoms with van der Waals surface area (Å²) >= 11 is 0. The quantitative estimate of drug-likeness (QED) is 0.723. The van der Waals surface area contributed by atoms with Gasteiger partial charge in [-0.3, -0.25) is 4.79 Å². The van der Waals surface area contributed by atoms with Gasteiger partial charge in [0.25, 0.3) is 0 Å². The Morgan fingerprint density at radius 1 is 1.33 bits per heavy atom. The number of amides is 1. The number of nitrogens with one attached hydrogen (secondary N) is 2. The lowest BCUT2D eigenvalue weighted by atomic mass is 10.0. The van der Waals surface area contributed by atoms with Crippen molar-refractivity contribution in [1.82, 2.24) is 0 Å². The average molecular weight is 309 g/mol. The van der Waals surface area contributed by atoms with Gasteiger partial charge in [-0.25, -0.2) is 8.42 Å². The molecule has 1 fully saturated rings. The smallest absolute Gasteiger partial charge is 0.224 e. The third-order valence-corrected chi connectivity index (χ3v) is 5.92. The standard InChI is InChI=1S/C14H19N3O3S/c15-11-6-12-10(1-2-14(18)17-12)5-13(11)16-7-9-3-4-21(19,20)8-9/h5-6,9,16H,1-4,7-8,15H2,(H,17,18). The number of fused-ring (bicyclic) bond motifs is 1. The van der Waals surface area contributed by atoms with E-state index in [4.69, 9.17) is 5.73 Å². The van der Waals surface area contributed by atoms with E-state index in [2.05, 4.69) is 10.6 Å². The number of benzene rings is 1. The topological polar surface area (TPSA) is 101 Å². The molecular formula is C14H19N3O3S. The van der Waals surface area contributed by atoms with Crippen molar-refractivity contribution in [3.63, 3.8) is 0 Å². The molecule has 0 aliphatic carbocycles. The van der Waals surface area contributed by atoms with Crippen LogP contribution in [0.3, 0.4) is 0 Å². The van der Waals surface area contributed by atoms with E-state index in [1.165, 1.54) is 0 Å². The fourth-order valence-electron chi connectivity index (χ4n) is 2.89. The minimum absolute atomic E-state index is 0.0128. The molecule has 3 rings (SSSR count). The average Bonchev–Trinajstić information content (AvgIpc) is 2.76. The summed E-state index contributed by atoms with van der Waals surface area (Å²) in [5.74, 6) is 0.690. The second kappa shape index (κ2) is 5.22. The number of nitrogens with two attached hydrogens (primary N) is 1. The molecule has 21 heavy (non-hydrogen) atoms. The minimum atomic E-state index is -2.85. The van der Waals surface area contributed by atoms with E-state index in [1.807, 2.05) is 6.07 Å². The van der Waals surface area contributed by atoms with Crippen molar-refractivity contribution >= 4 is 32.8 Å². The van der Waals surface area contributed by atoms with Crippen molar-refractivity contribution in [1.29, 1.82) is 0 Å². The van der Waals surface area contributed by atoms with E-state index >= 15 is 0 Å².